The minimum absolute atomic E-state index is 0.521. The molecule has 2 aromatic carbocycles. The van der Waals surface area contributed by atoms with Crippen LogP contribution in [0.15, 0.2) is 48.5 Å². The van der Waals surface area contributed by atoms with Gasteiger partial charge in [0.25, 0.3) is 0 Å². The summed E-state index contributed by atoms with van der Waals surface area (Å²) in [6, 6.07) is 17.5. The molecule has 1 atom stereocenters. The lowest BCUT2D eigenvalue weighted by Crippen LogP contribution is -2.34. The molecular formula is C25H30N4. The maximum Gasteiger partial charge on any atom is 0.133 e. The molecule has 1 unspecified atom stereocenters. The third-order valence-corrected chi connectivity index (χ3v) is 6.40. The van der Waals surface area contributed by atoms with Crippen LogP contribution in [-0.2, 0) is 13.0 Å². The molecule has 0 bridgehead atoms. The number of likely N-dealkylation sites (tertiary alicyclic amines) is 1. The molecule has 1 aromatic heterocycles. The summed E-state index contributed by atoms with van der Waals surface area (Å²) >= 11 is 0. The summed E-state index contributed by atoms with van der Waals surface area (Å²) in [7, 11) is 0. The highest BCUT2D eigenvalue weighted by Crippen LogP contribution is 2.37. The zero-order chi connectivity index (χ0) is 19.8. The van der Waals surface area contributed by atoms with Crippen LogP contribution in [0, 0.1) is 13.8 Å². The molecule has 2 aliphatic heterocycles. The van der Waals surface area contributed by atoms with E-state index in [1.807, 2.05) is 0 Å². The highest BCUT2D eigenvalue weighted by Gasteiger charge is 2.31. The van der Waals surface area contributed by atoms with Gasteiger partial charge in [0.15, 0.2) is 0 Å². The topological polar surface area (TPSA) is 33.1 Å². The summed E-state index contributed by atoms with van der Waals surface area (Å²) in [4.78, 5) is 2.61. The van der Waals surface area contributed by atoms with Crippen LogP contribution in [0.1, 0.15) is 46.7 Å². The van der Waals surface area contributed by atoms with E-state index >= 15 is 0 Å². The number of fused-ring (bicyclic) bond motifs is 1. The molecule has 1 N–H and O–H groups in total. The predicted octanol–water partition coefficient (Wildman–Crippen LogP) is 4.84. The molecule has 3 heterocycles. The molecule has 0 saturated carbocycles. The minimum atomic E-state index is 0.521. The average Bonchev–Trinajstić information content (AvgIpc) is 3.32. The van der Waals surface area contributed by atoms with Crippen LogP contribution < -0.4 is 5.32 Å². The number of piperidine rings is 1. The van der Waals surface area contributed by atoms with Gasteiger partial charge in [-0.05, 0) is 56.8 Å². The van der Waals surface area contributed by atoms with Crippen LogP contribution in [0.25, 0.3) is 5.69 Å². The Kier molecular flexibility index (Phi) is 4.88. The summed E-state index contributed by atoms with van der Waals surface area (Å²) in [5, 5.41) is 8.79. The van der Waals surface area contributed by atoms with Crippen LogP contribution in [0.5, 0.6) is 0 Å². The van der Waals surface area contributed by atoms with Gasteiger partial charge < -0.3 is 5.32 Å². The third-order valence-electron chi connectivity index (χ3n) is 6.40. The third kappa shape index (κ3) is 3.58. The molecule has 0 spiro atoms. The summed E-state index contributed by atoms with van der Waals surface area (Å²) < 4.78 is 2.17. The van der Waals surface area contributed by atoms with Crippen molar-refractivity contribution in [2.24, 2.45) is 0 Å². The Morgan fingerprint density at radius 1 is 1.10 bits per heavy atom. The van der Waals surface area contributed by atoms with Crippen molar-refractivity contribution in [2.75, 3.05) is 25.0 Å². The smallest absolute Gasteiger partial charge is 0.133 e. The first-order valence-electron chi connectivity index (χ1n) is 10.9. The molecule has 29 heavy (non-hydrogen) atoms. The number of aryl methyl sites for hydroxylation is 2. The Morgan fingerprint density at radius 3 is 2.79 bits per heavy atom. The molecular weight excluding hydrogens is 356 g/mol. The highest BCUT2D eigenvalue weighted by atomic mass is 15.3. The van der Waals surface area contributed by atoms with Gasteiger partial charge in [0, 0.05) is 31.1 Å². The molecule has 1 saturated heterocycles. The standard InChI is InChI=1S/C25H30N4/c1-18-10-11-23(19(2)15-18)29-25-22(12-13-26-25)24(27-29)21-9-6-14-28(17-21)16-20-7-4-3-5-8-20/h3-5,7-8,10-11,15,21,26H,6,9,12-14,16-17H2,1-2H3. The molecule has 0 amide bonds. The maximum absolute atomic E-state index is 5.19. The van der Waals surface area contributed by atoms with Crippen molar-refractivity contribution < 1.29 is 0 Å². The van der Waals surface area contributed by atoms with Gasteiger partial charge >= 0.3 is 0 Å². The second kappa shape index (κ2) is 7.68. The van der Waals surface area contributed by atoms with Gasteiger partial charge in [0.2, 0.25) is 0 Å². The average molecular weight is 387 g/mol. The van der Waals surface area contributed by atoms with E-state index in [0.717, 1.165) is 26.1 Å². The molecule has 0 radical (unpaired) electrons. The van der Waals surface area contributed by atoms with Crippen LogP contribution in [0.2, 0.25) is 0 Å². The Bertz CT molecular complexity index is 1010. The van der Waals surface area contributed by atoms with E-state index in [4.69, 9.17) is 5.10 Å². The first kappa shape index (κ1) is 18.4. The number of nitrogens with zero attached hydrogens (tertiary/aromatic N) is 3. The summed E-state index contributed by atoms with van der Waals surface area (Å²) in [5.74, 6) is 1.74. The van der Waals surface area contributed by atoms with Crippen molar-refractivity contribution in [3.05, 3.63) is 76.5 Å². The Morgan fingerprint density at radius 2 is 1.97 bits per heavy atom. The van der Waals surface area contributed by atoms with E-state index in [1.165, 1.54) is 58.8 Å². The quantitative estimate of drug-likeness (QED) is 0.697. The lowest BCUT2D eigenvalue weighted by atomic mass is 9.91. The Hall–Kier alpha value is -2.59. The molecule has 4 nitrogen and oxygen atoms in total. The first-order chi connectivity index (χ1) is 14.2. The number of aromatic nitrogens is 2. The van der Waals surface area contributed by atoms with Gasteiger partial charge in [-0.15, -0.1) is 0 Å². The predicted molar refractivity (Wildman–Crippen MR) is 119 cm³/mol. The maximum atomic E-state index is 5.19. The Labute approximate surface area is 173 Å². The number of hydrogen-bond donors (Lipinski definition) is 1. The van der Waals surface area contributed by atoms with E-state index in [1.54, 1.807) is 0 Å². The molecule has 4 heteroatoms. The number of nitrogens with one attached hydrogen (secondary N) is 1. The fraction of sp³-hybridized carbons (Fsp3) is 0.400. The molecule has 3 aromatic rings. The summed E-state index contributed by atoms with van der Waals surface area (Å²) in [5.41, 5.74) is 7.95. The van der Waals surface area contributed by atoms with Crippen molar-refractivity contribution in [1.82, 2.24) is 14.7 Å². The monoisotopic (exact) mass is 386 g/mol. The summed E-state index contributed by atoms with van der Waals surface area (Å²) in [6.07, 6.45) is 3.57. The number of anilines is 1. The van der Waals surface area contributed by atoms with Crippen molar-refractivity contribution in [1.29, 1.82) is 0 Å². The van der Waals surface area contributed by atoms with Gasteiger partial charge in [-0.2, -0.15) is 5.10 Å². The molecule has 1 fully saturated rings. The minimum Gasteiger partial charge on any atom is -0.369 e. The van der Waals surface area contributed by atoms with Crippen molar-refractivity contribution >= 4 is 5.82 Å². The van der Waals surface area contributed by atoms with E-state index < -0.39 is 0 Å². The van der Waals surface area contributed by atoms with E-state index in [2.05, 4.69) is 77.3 Å². The SMILES string of the molecule is Cc1ccc(-n2nc(C3CCCN(Cc4ccccc4)C3)c3c2NCC3)c(C)c1. The second-order valence-corrected chi connectivity index (χ2v) is 8.65. The van der Waals surface area contributed by atoms with Crippen molar-refractivity contribution in [3.8, 4) is 5.69 Å². The fourth-order valence-corrected chi connectivity index (χ4v) is 5.01. The second-order valence-electron chi connectivity index (χ2n) is 8.65. The van der Waals surface area contributed by atoms with Crippen molar-refractivity contribution in [3.63, 3.8) is 0 Å². The number of benzene rings is 2. The molecule has 150 valence electrons. The lowest BCUT2D eigenvalue weighted by molar-refractivity contribution is 0.198. The van der Waals surface area contributed by atoms with Gasteiger partial charge in [0.05, 0.1) is 11.4 Å². The number of hydrogen-bond acceptors (Lipinski definition) is 3. The fourth-order valence-electron chi connectivity index (χ4n) is 5.01. The van der Waals surface area contributed by atoms with Crippen LogP contribution >= 0.6 is 0 Å². The largest absolute Gasteiger partial charge is 0.369 e. The zero-order valence-electron chi connectivity index (χ0n) is 17.5. The van der Waals surface area contributed by atoms with E-state index in [9.17, 15) is 0 Å². The van der Waals surface area contributed by atoms with Gasteiger partial charge in [-0.3, -0.25) is 4.90 Å². The first-order valence-corrected chi connectivity index (χ1v) is 10.9. The van der Waals surface area contributed by atoms with Crippen LogP contribution in [0.3, 0.4) is 0 Å². The van der Waals surface area contributed by atoms with Crippen LogP contribution in [0.4, 0.5) is 5.82 Å². The lowest BCUT2D eigenvalue weighted by Gasteiger charge is -2.32. The zero-order valence-corrected chi connectivity index (χ0v) is 17.5. The molecule has 2 aliphatic rings. The van der Waals surface area contributed by atoms with Crippen molar-refractivity contribution in [2.45, 2.75) is 45.6 Å². The van der Waals surface area contributed by atoms with E-state index in [0.29, 0.717) is 5.92 Å². The normalized spacial score (nSPS) is 19.2. The van der Waals surface area contributed by atoms with E-state index in [-0.39, 0.29) is 0 Å². The Balaban J connectivity index is 1.44. The molecule has 0 aliphatic carbocycles. The van der Waals surface area contributed by atoms with Crippen LogP contribution in [-0.4, -0.2) is 34.3 Å². The van der Waals surface area contributed by atoms with Gasteiger partial charge in [-0.1, -0.05) is 48.0 Å². The number of rotatable bonds is 4. The van der Waals surface area contributed by atoms with Gasteiger partial charge in [-0.25, -0.2) is 4.68 Å². The molecule has 5 rings (SSSR count). The summed E-state index contributed by atoms with van der Waals surface area (Å²) in [6.45, 7) is 8.68. The highest BCUT2D eigenvalue weighted by molar-refractivity contribution is 5.59. The van der Waals surface area contributed by atoms with Gasteiger partial charge in [0.1, 0.15) is 5.82 Å².